The Morgan fingerprint density at radius 2 is 1.53 bits per heavy atom. The molecular weight excluding hydrogens is 210 g/mol. The first kappa shape index (κ1) is 11.4. The van der Waals surface area contributed by atoms with Crippen molar-refractivity contribution in [2.75, 3.05) is 13.1 Å². The lowest BCUT2D eigenvalue weighted by Crippen LogP contribution is -2.37. The third-order valence-electron chi connectivity index (χ3n) is 4.94. The molecule has 2 saturated carbocycles. The van der Waals surface area contributed by atoms with Crippen molar-refractivity contribution < 1.29 is 0 Å². The summed E-state index contributed by atoms with van der Waals surface area (Å²) < 4.78 is 0. The van der Waals surface area contributed by atoms with E-state index in [0.29, 0.717) is 6.04 Å². The molecule has 1 saturated heterocycles. The maximum absolute atomic E-state index is 6.19. The number of likely N-dealkylation sites (tertiary alicyclic amines) is 1. The largest absolute Gasteiger partial charge is 0.370 e. The van der Waals surface area contributed by atoms with Gasteiger partial charge in [0.1, 0.15) is 0 Å². The minimum atomic E-state index is 0.518. The van der Waals surface area contributed by atoms with Crippen LogP contribution in [0.15, 0.2) is 4.99 Å². The highest BCUT2D eigenvalue weighted by molar-refractivity contribution is 5.78. The van der Waals surface area contributed by atoms with Crippen molar-refractivity contribution in [2.24, 2.45) is 22.6 Å². The second-order valence-corrected chi connectivity index (χ2v) is 6.14. The number of rotatable bonds is 1. The maximum atomic E-state index is 6.19. The second kappa shape index (κ2) is 4.87. The third kappa shape index (κ3) is 2.43. The fourth-order valence-electron chi connectivity index (χ4n) is 3.90. The highest BCUT2D eigenvalue weighted by atomic mass is 15.3. The van der Waals surface area contributed by atoms with Crippen molar-refractivity contribution in [2.45, 2.75) is 57.4 Å². The van der Waals surface area contributed by atoms with Gasteiger partial charge in [0, 0.05) is 13.1 Å². The zero-order valence-electron chi connectivity index (χ0n) is 10.8. The fourth-order valence-corrected chi connectivity index (χ4v) is 3.90. The Bertz CT molecular complexity index is 282. The molecule has 3 fully saturated rings. The highest BCUT2D eigenvalue weighted by Gasteiger charge is 2.36. The second-order valence-electron chi connectivity index (χ2n) is 6.14. The van der Waals surface area contributed by atoms with E-state index in [1.807, 2.05) is 0 Å². The van der Waals surface area contributed by atoms with E-state index in [1.165, 1.54) is 64.5 Å². The summed E-state index contributed by atoms with van der Waals surface area (Å²) in [5, 5.41) is 0. The predicted octanol–water partition coefficient (Wildman–Crippen LogP) is 2.37. The summed E-state index contributed by atoms with van der Waals surface area (Å²) in [4.78, 5) is 7.12. The summed E-state index contributed by atoms with van der Waals surface area (Å²) in [7, 11) is 0. The van der Waals surface area contributed by atoms with Gasteiger partial charge in [-0.25, -0.2) is 4.99 Å². The molecule has 3 heteroatoms. The molecule has 3 nitrogen and oxygen atoms in total. The molecular formula is C14H25N3. The summed E-state index contributed by atoms with van der Waals surface area (Å²) in [5.41, 5.74) is 6.19. The molecule has 3 rings (SSSR count). The smallest absolute Gasteiger partial charge is 0.191 e. The van der Waals surface area contributed by atoms with Crippen LogP contribution < -0.4 is 5.73 Å². The molecule has 2 aliphatic carbocycles. The number of hydrogen-bond donors (Lipinski definition) is 1. The summed E-state index contributed by atoms with van der Waals surface area (Å²) in [5.74, 6) is 2.66. The maximum Gasteiger partial charge on any atom is 0.191 e. The Labute approximate surface area is 104 Å². The van der Waals surface area contributed by atoms with Crippen LogP contribution in [0, 0.1) is 11.8 Å². The lowest BCUT2D eigenvalue weighted by Gasteiger charge is -2.23. The Morgan fingerprint density at radius 3 is 2.18 bits per heavy atom. The van der Waals surface area contributed by atoms with Gasteiger partial charge in [-0.1, -0.05) is 25.7 Å². The Hall–Kier alpha value is -0.730. The van der Waals surface area contributed by atoms with Gasteiger partial charge in [0.15, 0.2) is 5.96 Å². The summed E-state index contributed by atoms with van der Waals surface area (Å²) in [6, 6.07) is 0.518. The summed E-state index contributed by atoms with van der Waals surface area (Å²) in [6.45, 7) is 2.35. The molecule has 0 aromatic carbocycles. The van der Waals surface area contributed by atoms with E-state index in [2.05, 4.69) is 4.90 Å². The molecule has 2 N–H and O–H groups in total. The van der Waals surface area contributed by atoms with E-state index in [0.717, 1.165) is 17.8 Å². The number of aliphatic imine (C=N–C) groups is 1. The predicted molar refractivity (Wildman–Crippen MR) is 70.9 cm³/mol. The van der Waals surface area contributed by atoms with Crippen LogP contribution in [-0.2, 0) is 0 Å². The van der Waals surface area contributed by atoms with Crippen LogP contribution in [0.1, 0.15) is 51.4 Å². The standard InChI is InChI=1S/C14H25N3/c15-14(16-13-7-2-1-3-8-13)17-9-11-5-4-6-12(11)10-17/h11-13H,1-10H2,(H2,15,16). The molecule has 0 bridgehead atoms. The van der Waals surface area contributed by atoms with Gasteiger partial charge in [0.2, 0.25) is 0 Å². The zero-order chi connectivity index (χ0) is 11.7. The molecule has 1 aliphatic heterocycles. The number of nitrogens with zero attached hydrogens (tertiary/aromatic N) is 2. The molecule has 0 amide bonds. The molecule has 3 aliphatic rings. The molecule has 0 aromatic heterocycles. The van der Waals surface area contributed by atoms with Crippen LogP contribution in [0.5, 0.6) is 0 Å². The minimum absolute atomic E-state index is 0.518. The molecule has 1 heterocycles. The first-order chi connectivity index (χ1) is 8.33. The normalized spacial score (nSPS) is 35.3. The average Bonchev–Trinajstić information content (AvgIpc) is 2.90. The Balaban J connectivity index is 1.58. The van der Waals surface area contributed by atoms with E-state index in [-0.39, 0.29) is 0 Å². The van der Waals surface area contributed by atoms with E-state index >= 15 is 0 Å². The molecule has 2 unspecified atom stereocenters. The molecule has 96 valence electrons. The lowest BCUT2D eigenvalue weighted by molar-refractivity contribution is 0.421. The van der Waals surface area contributed by atoms with Crippen LogP contribution in [0.3, 0.4) is 0 Å². The van der Waals surface area contributed by atoms with Crippen LogP contribution in [-0.4, -0.2) is 30.0 Å². The van der Waals surface area contributed by atoms with Crippen LogP contribution in [0.4, 0.5) is 0 Å². The van der Waals surface area contributed by atoms with Gasteiger partial charge in [-0.2, -0.15) is 0 Å². The monoisotopic (exact) mass is 235 g/mol. The molecule has 0 radical (unpaired) electrons. The Morgan fingerprint density at radius 1 is 0.882 bits per heavy atom. The quantitative estimate of drug-likeness (QED) is 0.560. The Kier molecular flexibility index (Phi) is 3.26. The van der Waals surface area contributed by atoms with Gasteiger partial charge >= 0.3 is 0 Å². The van der Waals surface area contributed by atoms with Crippen molar-refractivity contribution in [3.05, 3.63) is 0 Å². The fraction of sp³-hybridized carbons (Fsp3) is 0.929. The van der Waals surface area contributed by atoms with Gasteiger partial charge in [0.25, 0.3) is 0 Å². The van der Waals surface area contributed by atoms with E-state index in [4.69, 9.17) is 10.7 Å². The topological polar surface area (TPSA) is 41.6 Å². The first-order valence-electron chi connectivity index (χ1n) is 7.41. The van der Waals surface area contributed by atoms with Crippen molar-refractivity contribution in [3.63, 3.8) is 0 Å². The van der Waals surface area contributed by atoms with Crippen molar-refractivity contribution in [3.8, 4) is 0 Å². The van der Waals surface area contributed by atoms with Crippen molar-refractivity contribution >= 4 is 5.96 Å². The van der Waals surface area contributed by atoms with Gasteiger partial charge < -0.3 is 10.6 Å². The molecule has 2 atom stereocenters. The third-order valence-corrected chi connectivity index (χ3v) is 4.94. The summed E-state index contributed by atoms with van der Waals surface area (Å²) >= 11 is 0. The molecule has 0 spiro atoms. The summed E-state index contributed by atoms with van der Waals surface area (Å²) in [6.07, 6.45) is 10.8. The van der Waals surface area contributed by atoms with Crippen LogP contribution in [0.2, 0.25) is 0 Å². The van der Waals surface area contributed by atoms with Crippen LogP contribution >= 0.6 is 0 Å². The number of nitrogens with two attached hydrogens (primary N) is 1. The zero-order valence-corrected chi connectivity index (χ0v) is 10.8. The SMILES string of the molecule is NC(=NC1CCCCC1)N1CC2CCCC2C1. The average molecular weight is 235 g/mol. The van der Waals surface area contributed by atoms with Gasteiger partial charge in [-0.15, -0.1) is 0 Å². The van der Waals surface area contributed by atoms with Gasteiger partial charge in [-0.3, -0.25) is 0 Å². The highest BCUT2D eigenvalue weighted by Crippen LogP contribution is 2.37. The number of guanidine groups is 1. The minimum Gasteiger partial charge on any atom is -0.370 e. The number of fused-ring (bicyclic) bond motifs is 1. The molecule has 17 heavy (non-hydrogen) atoms. The first-order valence-corrected chi connectivity index (χ1v) is 7.41. The van der Waals surface area contributed by atoms with Crippen molar-refractivity contribution in [1.29, 1.82) is 0 Å². The number of hydrogen-bond acceptors (Lipinski definition) is 1. The van der Waals surface area contributed by atoms with Gasteiger partial charge in [-0.05, 0) is 37.5 Å². The molecule has 0 aromatic rings. The van der Waals surface area contributed by atoms with Crippen LogP contribution in [0.25, 0.3) is 0 Å². The van der Waals surface area contributed by atoms with Crippen molar-refractivity contribution in [1.82, 2.24) is 4.90 Å². The van der Waals surface area contributed by atoms with E-state index in [1.54, 1.807) is 0 Å². The van der Waals surface area contributed by atoms with E-state index in [9.17, 15) is 0 Å². The van der Waals surface area contributed by atoms with Gasteiger partial charge in [0.05, 0.1) is 6.04 Å². The lowest BCUT2D eigenvalue weighted by atomic mass is 9.96. The van der Waals surface area contributed by atoms with E-state index < -0.39 is 0 Å².